The molecule has 0 rings (SSSR count). The number of carbonyl (C=O) groups is 1. The summed E-state index contributed by atoms with van der Waals surface area (Å²) in [6.45, 7) is -1.02. The molecule has 0 unspecified atom stereocenters. The fourth-order valence-corrected chi connectivity index (χ4v) is 0.679. The predicted octanol–water partition coefficient (Wildman–Crippen LogP) is 0.725. The Morgan fingerprint density at radius 2 is 2.00 bits per heavy atom. The van der Waals surface area contributed by atoms with Crippen LogP contribution in [0.2, 0.25) is 0 Å². The largest absolute Gasteiger partial charge is 0.414 e. The molecule has 3 N–H and O–H groups in total. The Bertz CT molecular complexity index is 173. The minimum Gasteiger partial charge on any atom is -0.330 e. The third-order valence-electron chi connectivity index (χ3n) is 1.28. The summed E-state index contributed by atoms with van der Waals surface area (Å²) in [5.74, 6) is -0.567. The van der Waals surface area contributed by atoms with E-state index in [0.29, 0.717) is 19.4 Å². The lowest BCUT2D eigenvalue weighted by Crippen LogP contribution is -2.29. The molecule has 0 aliphatic rings. The number of hydrogen-bond acceptors (Lipinski definition) is 3. The third kappa shape index (κ3) is 9.27. The first kappa shape index (κ1) is 13.2. The molecule has 0 aromatic carbocycles. The van der Waals surface area contributed by atoms with Crippen LogP contribution in [-0.4, -0.2) is 25.2 Å². The summed E-state index contributed by atoms with van der Waals surface area (Å²) < 4.78 is 34.6. The summed E-state index contributed by atoms with van der Waals surface area (Å²) in [5, 5.41) is 0. The fraction of sp³-hybridized carbons (Fsp3) is 0.857. The molecule has 0 spiro atoms. The molecule has 0 aromatic rings. The van der Waals surface area contributed by atoms with Crippen molar-refractivity contribution in [2.24, 2.45) is 5.73 Å². The first-order chi connectivity index (χ1) is 6.45. The van der Waals surface area contributed by atoms with Crippen LogP contribution < -0.4 is 11.2 Å². The summed E-state index contributed by atoms with van der Waals surface area (Å²) in [7, 11) is 0. The second-order valence-corrected chi connectivity index (χ2v) is 2.67. The van der Waals surface area contributed by atoms with E-state index in [9.17, 15) is 18.0 Å². The molecule has 14 heavy (non-hydrogen) atoms. The molecule has 0 aromatic heterocycles. The highest BCUT2D eigenvalue weighted by Crippen LogP contribution is 2.13. The highest BCUT2D eigenvalue weighted by molar-refractivity contribution is 5.74. The zero-order valence-electron chi connectivity index (χ0n) is 7.56. The Morgan fingerprint density at radius 1 is 1.36 bits per heavy atom. The van der Waals surface area contributed by atoms with E-state index < -0.39 is 18.7 Å². The van der Waals surface area contributed by atoms with Crippen molar-refractivity contribution < 1.29 is 22.8 Å². The van der Waals surface area contributed by atoms with Crippen molar-refractivity contribution in [1.29, 1.82) is 0 Å². The van der Waals surface area contributed by atoms with Gasteiger partial charge in [0.05, 0.1) is 0 Å². The van der Waals surface area contributed by atoms with Crippen molar-refractivity contribution in [3.63, 3.8) is 0 Å². The zero-order chi connectivity index (χ0) is 11.0. The lowest BCUT2D eigenvalue weighted by molar-refractivity contribution is -0.191. The number of nitrogens with two attached hydrogens (primary N) is 1. The highest BCUT2D eigenvalue weighted by Gasteiger charge is 2.28. The van der Waals surface area contributed by atoms with Gasteiger partial charge in [-0.05, 0) is 19.4 Å². The lowest BCUT2D eigenvalue weighted by atomic mass is 10.2. The number of alkyl halides is 3. The molecule has 84 valence electrons. The summed E-state index contributed by atoms with van der Waals surface area (Å²) in [5.41, 5.74) is 6.86. The molecule has 4 nitrogen and oxygen atoms in total. The van der Waals surface area contributed by atoms with E-state index in [-0.39, 0.29) is 6.42 Å². The zero-order valence-corrected chi connectivity index (χ0v) is 7.56. The van der Waals surface area contributed by atoms with Crippen LogP contribution in [0.4, 0.5) is 13.2 Å². The van der Waals surface area contributed by atoms with Gasteiger partial charge in [-0.1, -0.05) is 0 Å². The van der Waals surface area contributed by atoms with Gasteiger partial charge in [0, 0.05) is 6.42 Å². The molecule has 0 fully saturated rings. The van der Waals surface area contributed by atoms with E-state index in [1.807, 2.05) is 0 Å². The standard InChI is InChI=1S/C7H13F3N2O2/c8-7(9,10)5-14-12-6(13)3-1-2-4-11/h1-5,11H2,(H,12,13). The van der Waals surface area contributed by atoms with E-state index in [4.69, 9.17) is 5.73 Å². The molecule has 0 saturated heterocycles. The van der Waals surface area contributed by atoms with Gasteiger partial charge in [0.2, 0.25) is 5.91 Å². The van der Waals surface area contributed by atoms with Crippen molar-refractivity contribution in [1.82, 2.24) is 5.48 Å². The van der Waals surface area contributed by atoms with Gasteiger partial charge in [-0.25, -0.2) is 5.48 Å². The molecule has 0 saturated carbocycles. The summed E-state index contributed by atoms with van der Waals surface area (Å²) in [4.78, 5) is 14.7. The average Bonchev–Trinajstić information content (AvgIpc) is 2.02. The van der Waals surface area contributed by atoms with Gasteiger partial charge in [0.25, 0.3) is 0 Å². The van der Waals surface area contributed by atoms with Crippen LogP contribution in [0.5, 0.6) is 0 Å². The summed E-state index contributed by atoms with van der Waals surface area (Å²) in [6, 6.07) is 0. The Hall–Kier alpha value is -0.820. The number of amides is 1. The second kappa shape index (κ2) is 6.61. The van der Waals surface area contributed by atoms with Gasteiger partial charge in [0.1, 0.15) is 0 Å². The van der Waals surface area contributed by atoms with Crippen LogP contribution in [0.15, 0.2) is 0 Å². The maximum absolute atomic E-state index is 11.5. The van der Waals surface area contributed by atoms with E-state index in [1.54, 1.807) is 5.48 Å². The smallest absolute Gasteiger partial charge is 0.330 e. The molecule has 0 heterocycles. The van der Waals surface area contributed by atoms with E-state index in [2.05, 4.69) is 4.84 Å². The van der Waals surface area contributed by atoms with Gasteiger partial charge >= 0.3 is 6.18 Å². The fourth-order valence-electron chi connectivity index (χ4n) is 0.679. The van der Waals surface area contributed by atoms with Gasteiger partial charge in [-0.2, -0.15) is 13.2 Å². The molecular formula is C7H13F3N2O2. The molecule has 7 heteroatoms. The van der Waals surface area contributed by atoms with Gasteiger partial charge in [-0.15, -0.1) is 0 Å². The van der Waals surface area contributed by atoms with Crippen molar-refractivity contribution >= 4 is 5.91 Å². The van der Waals surface area contributed by atoms with Crippen molar-refractivity contribution in [2.75, 3.05) is 13.2 Å². The number of carbonyl (C=O) groups excluding carboxylic acids is 1. The third-order valence-corrected chi connectivity index (χ3v) is 1.28. The van der Waals surface area contributed by atoms with Gasteiger partial charge < -0.3 is 5.73 Å². The van der Waals surface area contributed by atoms with Crippen LogP contribution in [0.25, 0.3) is 0 Å². The summed E-state index contributed by atoms with van der Waals surface area (Å²) >= 11 is 0. The Balaban J connectivity index is 3.36. The van der Waals surface area contributed by atoms with Crippen molar-refractivity contribution in [2.45, 2.75) is 25.4 Å². The maximum atomic E-state index is 11.5. The number of unbranched alkanes of at least 4 members (excludes halogenated alkanes) is 1. The van der Waals surface area contributed by atoms with Gasteiger partial charge in [0.15, 0.2) is 6.61 Å². The van der Waals surface area contributed by atoms with E-state index >= 15 is 0 Å². The lowest BCUT2D eigenvalue weighted by Gasteiger charge is -2.07. The number of hydrogen-bond donors (Lipinski definition) is 2. The minimum absolute atomic E-state index is 0.120. The quantitative estimate of drug-likeness (QED) is 0.506. The van der Waals surface area contributed by atoms with Crippen LogP contribution in [0.1, 0.15) is 19.3 Å². The van der Waals surface area contributed by atoms with Crippen molar-refractivity contribution in [3.05, 3.63) is 0 Å². The van der Waals surface area contributed by atoms with Crippen molar-refractivity contribution in [3.8, 4) is 0 Å². The first-order valence-electron chi connectivity index (χ1n) is 4.13. The number of hydroxylamine groups is 1. The monoisotopic (exact) mass is 214 g/mol. The highest BCUT2D eigenvalue weighted by atomic mass is 19.4. The molecule has 0 atom stereocenters. The normalized spacial score (nSPS) is 11.4. The molecule has 0 aliphatic heterocycles. The van der Waals surface area contributed by atoms with Crippen LogP contribution in [0, 0.1) is 0 Å². The number of rotatable bonds is 6. The summed E-state index contributed by atoms with van der Waals surface area (Å²) in [6.07, 6.45) is -3.11. The average molecular weight is 214 g/mol. The molecular weight excluding hydrogens is 201 g/mol. The molecule has 1 amide bonds. The molecule has 0 radical (unpaired) electrons. The number of nitrogens with one attached hydrogen (secondary N) is 1. The first-order valence-corrected chi connectivity index (χ1v) is 4.13. The minimum atomic E-state index is -4.43. The topological polar surface area (TPSA) is 64.4 Å². The SMILES string of the molecule is NCCCCC(=O)NOCC(F)(F)F. The van der Waals surface area contributed by atoms with Crippen LogP contribution in [0.3, 0.4) is 0 Å². The van der Waals surface area contributed by atoms with E-state index in [1.165, 1.54) is 0 Å². The molecule has 0 aliphatic carbocycles. The van der Waals surface area contributed by atoms with Crippen LogP contribution in [-0.2, 0) is 9.63 Å². The number of halogens is 3. The Kier molecular flexibility index (Phi) is 6.22. The maximum Gasteiger partial charge on any atom is 0.414 e. The Morgan fingerprint density at radius 3 is 2.50 bits per heavy atom. The van der Waals surface area contributed by atoms with Gasteiger partial charge in [-0.3, -0.25) is 9.63 Å². The second-order valence-electron chi connectivity index (χ2n) is 2.67. The van der Waals surface area contributed by atoms with Crippen LogP contribution >= 0.6 is 0 Å². The van der Waals surface area contributed by atoms with E-state index in [0.717, 1.165) is 0 Å². The molecule has 0 bridgehead atoms. The Labute approximate surface area is 79.5 Å². The predicted molar refractivity (Wildman–Crippen MR) is 43.1 cm³/mol.